The van der Waals surface area contributed by atoms with Crippen molar-refractivity contribution in [2.75, 3.05) is 0 Å². The van der Waals surface area contributed by atoms with Gasteiger partial charge in [-0.2, -0.15) is 10.2 Å². The van der Waals surface area contributed by atoms with Crippen LogP contribution in [0.1, 0.15) is 28.6 Å². The van der Waals surface area contributed by atoms with Crippen molar-refractivity contribution in [1.29, 1.82) is 0 Å². The number of aromatic nitrogens is 4. The first-order valence-electron chi connectivity index (χ1n) is 8.33. The summed E-state index contributed by atoms with van der Waals surface area (Å²) >= 11 is 0. The van der Waals surface area contributed by atoms with Crippen molar-refractivity contribution < 1.29 is 14.3 Å². The van der Waals surface area contributed by atoms with Gasteiger partial charge in [0.25, 0.3) is 5.91 Å². The Bertz CT molecular complexity index is 920. The lowest BCUT2D eigenvalue weighted by molar-refractivity contribution is -0.00596. The fourth-order valence-electron chi connectivity index (χ4n) is 3.24. The normalized spacial score (nSPS) is 22.0. The van der Waals surface area contributed by atoms with Gasteiger partial charge in [0, 0.05) is 18.1 Å². The van der Waals surface area contributed by atoms with Gasteiger partial charge in [-0.05, 0) is 49.7 Å². The third-order valence-corrected chi connectivity index (χ3v) is 4.64. The van der Waals surface area contributed by atoms with E-state index in [1.807, 2.05) is 6.92 Å². The second-order valence-electron chi connectivity index (χ2n) is 6.42. The van der Waals surface area contributed by atoms with Crippen LogP contribution in [0.25, 0.3) is 5.69 Å². The minimum absolute atomic E-state index is 0.214. The first-order valence-corrected chi connectivity index (χ1v) is 8.33. The van der Waals surface area contributed by atoms with E-state index in [-0.39, 0.29) is 29.5 Å². The number of aliphatic hydroxyl groups is 1. The molecule has 8 heteroatoms. The fourth-order valence-corrected chi connectivity index (χ4v) is 3.24. The summed E-state index contributed by atoms with van der Waals surface area (Å²) in [5, 5.41) is 21.4. The van der Waals surface area contributed by atoms with Crippen molar-refractivity contribution in [3.05, 3.63) is 66.0 Å². The second-order valence-corrected chi connectivity index (χ2v) is 6.42. The molecule has 4 rings (SSSR count). The van der Waals surface area contributed by atoms with Crippen LogP contribution in [0.3, 0.4) is 0 Å². The quantitative estimate of drug-likeness (QED) is 0.745. The second kappa shape index (κ2) is 6.38. The summed E-state index contributed by atoms with van der Waals surface area (Å²) in [5.41, 5.74) is 1.71. The number of rotatable bonds is 4. The number of nitrogens with zero attached hydrogens (tertiary/aromatic N) is 4. The van der Waals surface area contributed by atoms with Crippen molar-refractivity contribution in [3.8, 4) is 5.69 Å². The average molecular weight is 355 g/mol. The summed E-state index contributed by atoms with van der Waals surface area (Å²) in [6, 6.07) is 8.86. The van der Waals surface area contributed by atoms with Gasteiger partial charge in [0.1, 0.15) is 5.82 Å². The van der Waals surface area contributed by atoms with Gasteiger partial charge in [0.05, 0.1) is 23.9 Å². The summed E-state index contributed by atoms with van der Waals surface area (Å²) in [7, 11) is 0. The zero-order valence-electron chi connectivity index (χ0n) is 14.1. The van der Waals surface area contributed by atoms with Crippen molar-refractivity contribution in [1.82, 2.24) is 24.9 Å². The van der Waals surface area contributed by atoms with Gasteiger partial charge in [-0.15, -0.1) is 0 Å². The molecule has 2 aromatic heterocycles. The number of halogens is 1. The van der Waals surface area contributed by atoms with Gasteiger partial charge < -0.3 is 10.4 Å². The highest BCUT2D eigenvalue weighted by atomic mass is 19.1. The Morgan fingerprint density at radius 3 is 2.77 bits per heavy atom. The summed E-state index contributed by atoms with van der Waals surface area (Å²) < 4.78 is 16.3. The van der Waals surface area contributed by atoms with E-state index in [2.05, 4.69) is 15.5 Å². The van der Waals surface area contributed by atoms with Crippen molar-refractivity contribution in [2.45, 2.75) is 31.5 Å². The number of benzene rings is 1. The average Bonchev–Trinajstić information content (AvgIpc) is 3.25. The Hall–Kier alpha value is -3.00. The van der Waals surface area contributed by atoms with E-state index in [0.717, 1.165) is 5.69 Å². The molecule has 0 unspecified atom stereocenters. The van der Waals surface area contributed by atoms with E-state index in [9.17, 15) is 14.3 Å². The predicted octanol–water partition coefficient (Wildman–Crippen LogP) is 1.62. The number of amides is 1. The molecule has 0 radical (unpaired) electrons. The van der Waals surface area contributed by atoms with E-state index >= 15 is 0 Å². The van der Waals surface area contributed by atoms with Gasteiger partial charge in [0.2, 0.25) is 0 Å². The molecule has 2 heterocycles. The number of aryl methyl sites for hydroxylation is 1. The van der Waals surface area contributed by atoms with Gasteiger partial charge >= 0.3 is 0 Å². The first kappa shape index (κ1) is 16.5. The third kappa shape index (κ3) is 2.88. The molecular weight excluding hydrogens is 337 g/mol. The van der Waals surface area contributed by atoms with Crippen LogP contribution in [-0.2, 0) is 0 Å². The largest absolute Gasteiger partial charge is 0.391 e. The van der Waals surface area contributed by atoms with E-state index < -0.39 is 6.10 Å². The Balaban J connectivity index is 1.51. The molecule has 0 aliphatic heterocycles. The van der Waals surface area contributed by atoms with Gasteiger partial charge in [-0.3, -0.25) is 9.48 Å². The number of carbonyl (C=O) groups is 1. The molecule has 7 nitrogen and oxygen atoms in total. The highest BCUT2D eigenvalue weighted by molar-refractivity contribution is 5.92. The van der Waals surface area contributed by atoms with Crippen molar-refractivity contribution >= 4 is 5.91 Å². The van der Waals surface area contributed by atoms with E-state index in [0.29, 0.717) is 12.1 Å². The molecule has 0 spiro atoms. The minimum Gasteiger partial charge on any atom is -0.391 e. The van der Waals surface area contributed by atoms with Crippen LogP contribution >= 0.6 is 0 Å². The summed E-state index contributed by atoms with van der Waals surface area (Å²) in [5.74, 6) is -0.646. The highest BCUT2D eigenvalue weighted by Crippen LogP contribution is 2.32. The van der Waals surface area contributed by atoms with Crippen LogP contribution in [0, 0.1) is 12.7 Å². The van der Waals surface area contributed by atoms with Crippen LogP contribution in [0.2, 0.25) is 0 Å². The van der Waals surface area contributed by atoms with Crippen LogP contribution in [0.4, 0.5) is 4.39 Å². The van der Waals surface area contributed by atoms with E-state index in [1.54, 1.807) is 46.0 Å². The maximum Gasteiger partial charge on any atom is 0.272 e. The Kier molecular flexibility index (Phi) is 4.04. The van der Waals surface area contributed by atoms with E-state index in [1.165, 1.54) is 12.1 Å². The number of hydrogen-bond donors (Lipinski definition) is 2. The molecule has 1 fully saturated rings. The molecule has 1 aromatic carbocycles. The molecular formula is C18H18FN5O2. The minimum atomic E-state index is -0.543. The Labute approximate surface area is 149 Å². The highest BCUT2D eigenvalue weighted by Gasteiger charge is 2.42. The SMILES string of the molecule is Cc1cc(C(=O)N[C@H]2C[C@@H](O)[C@@H]2n2cccn2)nn1-c1ccc(F)cc1. The molecule has 134 valence electrons. The molecule has 3 atom stereocenters. The topological polar surface area (TPSA) is 85.0 Å². The van der Waals surface area contributed by atoms with Crippen molar-refractivity contribution in [2.24, 2.45) is 0 Å². The lowest BCUT2D eigenvalue weighted by Gasteiger charge is -2.41. The van der Waals surface area contributed by atoms with Crippen LogP contribution < -0.4 is 5.32 Å². The lowest BCUT2D eigenvalue weighted by atomic mass is 9.83. The zero-order chi connectivity index (χ0) is 18.3. The van der Waals surface area contributed by atoms with Crippen LogP contribution in [-0.4, -0.2) is 42.7 Å². The monoisotopic (exact) mass is 355 g/mol. The summed E-state index contributed by atoms with van der Waals surface area (Å²) in [6.45, 7) is 1.83. The smallest absolute Gasteiger partial charge is 0.272 e. The molecule has 1 saturated carbocycles. The van der Waals surface area contributed by atoms with Crippen molar-refractivity contribution in [3.63, 3.8) is 0 Å². The predicted molar refractivity (Wildman–Crippen MR) is 91.4 cm³/mol. The van der Waals surface area contributed by atoms with Gasteiger partial charge in [0.15, 0.2) is 5.69 Å². The maximum atomic E-state index is 13.1. The Morgan fingerprint density at radius 2 is 2.12 bits per heavy atom. The maximum absolute atomic E-state index is 13.1. The van der Waals surface area contributed by atoms with Crippen LogP contribution in [0.5, 0.6) is 0 Å². The number of aliphatic hydroxyl groups excluding tert-OH is 1. The summed E-state index contributed by atoms with van der Waals surface area (Å²) in [6.07, 6.45) is 3.32. The first-order chi connectivity index (χ1) is 12.5. The summed E-state index contributed by atoms with van der Waals surface area (Å²) in [4.78, 5) is 12.6. The molecule has 1 aliphatic rings. The number of hydrogen-bond acceptors (Lipinski definition) is 4. The zero-order valence-corrected chi connectivity index (χ0v) is 14.1. The molecule has 26 heavy (non-hydrogen) atoms. The molecule has 0 saturated heterocycles. The molecule has 1 amide bonds. The Morgan fingerprint density at radius 1 is 1.35 bits per heavy atom. The van der Waals surface area contributed by atoms with E-state index in [4.69, 9.17) is 0 Å². The van der Waals surface area contributed by atoms with Crippen LogP contribution in [0.15, 0.2) is 48.8 Å². The number of nitrogens with one attached hydrogen (secondary N) is 1. The molecule has 0 bridgehead atoms. The standard InChI is InChI=1S/C18H18FN5O2/c1-11-9-15(22-24(11)13-5-3-12(19)4-6-13)18(26)21-14-10-16(25)17(14)23-8-2-7-20-23/h2-9,14,16-17,25H,10H2,1H3,(H,21,26)/t14-,16+,17+/m0/s1. The molecule has 1 aliphatic carbocycles. The number of carbonyl (C=O) groups excluding carboxylic acids is 1. The lowest BCUT2D eigenvalue weighted by Crippen LogP contribution is -2.56. The molecule has 3 aromatic rings. The van der Waals surface area contributed by atoms with Gasteiger partial charge in [-0.25, -0.2) is 9.07 Å². The third-order valence-electron chi connectivity index (χ3n) is 4.64. The molecule has 2 N–H and O–H groups in total. The van der Waals surface area contributed by atoms with Gasteiger partial charge in [-0.1, -0.05) is 0 Å². The fraction of sp³-hybridized carbons (Fsp3) is 0.278.